The van der Waals surface area contributed by atoms with E-state index in [4.69, 9.17) is 9.84 Å². The molecule has 1 heterocycles. The summed E-state index contributed by atoms with van der Waals surface area (Å²) in [5, 5.41) is 18.5. The Morgan fingerprint density at radius 2 is 2.07 bits per heavy atom. The Kier molecular flexibility index (Phi) is 6.55. The van der Waals surface area contributed by atoms with Gasteiger partial charge in [0, 0.05) is 0 Å². The minimum atomic E-state index is -1.07. The smallest absolute Gasteiger partial charge is 0.305 e. The van der Waals surface area contributed by atoms with E-state index >= 15 is 0 Å². The number of thioether (sulfide) groups is 1. The summed E-state index contributed by atoms with van der Waals surface area (Å²) in [7, 11) is 0. The first kappa shape index (κ1) is 20.5. The number of rotatable bonds is 7. The maximum Gasteiger partial charge on any atom is 0.305 e. The summed E-state index contributed by atoms with van der Waals surface area (Å²) >= 11 is 1.00. The Bertz CT molecular complexity index is 997. The number of carbonyl (C=O) groups is 2. The van der Waals surface area contributed by atoms with Crippen molar-refractivity contribution >= 4 is 35.0 Å². The van der Waals surface area contributed by atoms with Gasteiger partial charge < -0.3 is 15.2 Å². The van der Waals surface area contributed by atoms with Crippen LogP contribution in [0.2, 0.25) is 0 Å². The molecule has 7 nitrogen and oxygen atoms in total. The van der Waals surface area contributed by atoms with Crippen LogP contribution in [0.3, 0.4) is 0 Å². The zero-order valence-corrected chi connectivity index (χ0v) is 15.7. The molecule has 1 amide bonds. The number of benzene rings is 2. The normalized spacial score (nSPS) is 17.7. The Balaban J connectivity index is 1.60. The number of hydrogen-bond acceptors (Lipinski definition) is 6. The lowest BCUT2D eigenvalue weighted by Gasteiger charge is -2.08. The molecule has 1 saturated heterocycles. The Morgan fingerprint density at radius 1 is 1.28 bits per heavy atom. The molecule has 0 aromatic heterocycles. The number of hydrogen-bond donors (Lipinski definition) is 2. The minimum Gasteiger partial charge on any atom is -0.486 e. The third-order valence-electron chi connectivity index (χ3n) is 3.75. The van der Waals surface area contributed by atoms with Gasteiger partial charge in [-0.25, -0.2) is 4.39 Å². The van der Waals surface area contributed by atoms with E-state index in [1.54, 1.807) is 24.3 Å². The number of nitrogens with one attached hydrogen (secondary N) is 1. The van der Waals surface area contributed by atoms with Crippen molar-refractivity contribution in [2.24, 2.45) is 10.2 Å². The molecule has 1 aliphatic rings. The fourth-order valence-electron chi connectivity index (χ4n) is 2.41. The van der Waals surface area contributed by atoms with Gasteiger partial charge in [0.1, 0.15) is 11.9 Å². The maximum absolute atomic E-state index is 13.6. The van der Waals surface area contributed by atoms with Gasteiger partial charge in [-0.2, -0.15) is 9.49 Å². The molecule has 2 aromatic carbocycles. The van der Waals surface area contributed by atoms with E-state index in [2.05, 4.69) is 15.5 Å². The van der Waals surface area contributed by atoms with Gasteiger partial charge in [-0.15, -0.1) is 5.10 Å². The number of carboxylic acids is 1. The topological polar surface area (TPSA) is 100 Å². The van der Waals surface area contributed by atoms with Crippen LogP contribution in [0.15, 0.2) is 52.7 Å². The second-order valence-electron chi connectivity index (χ2n) is 5.93. The summed E-state index contributed by atoms with van der Waals surface area (Å²) in [4.78, 5) is 22.3. The number of amides is 1. The standard InChI is InChI=1S/C19H15F2N3O4S/c20-13-5-2-6-14(17(13)21)28-10-12-4-1-3-11(7-12)9-22-24-19-23-18(27)15(29-19)8-16(25)26/h1-7,9,15H,8,10H2,(H,25,26)(H,23,24,27). The largest absolute Gasteiger partial charge is 0.486 e. The van der Waals surface area contributed by atoms with Crippen LogP contribution in [0.4, 0.5) is 8.78 Å². The number of amidine groups is 1. The maximum atomic E-state index is 13.6. The number of carboxylic acid groups (broad SMARTS) is 1. The van der Waals surface area contributed by atoms with E-state index in [1.165, 1.54) is 18.3 Å². The zero-order valence-electron chi connectivity index (χ0n) is 14.8. The third-order valence-corrected chi connectivity index (χ3v) is 4.83. The minimum absolute atomic E-state index is 0.0271. The van der Waals surface area contributed by atoms with Gasteiger partial charge >= 0.3 is 5.97 Å². The fraction of sp³-hybridized carbons (Fsp3) is 0.158. The highest BCUT2D eigenvalue weighted by molar-refractivity contribution is 8.15. The van der Waals surface area contributed by atoms with Crippen LogP contribution in [0.25, 0.3) is 0 Å². The van der Waals surface area contributed by atoms with E-state index in [9.17, 15) is 18.4 Å². The quantitative estimate of drug-likeness (QED) is 0.531. The first-order valence-electron chi connectivity index (χ1n) is 8.38. The second kappa shape index (κ2) is 9.28. The number of halogens is 2. The van der Waals surface area contributed by atoms with E-state index in [-0.39, 0.29) is 23.9 Å². The monoisotopic (exact) mass is 419 g/mol. The highest BCUT2D eigenvalue weighted by Gasteiger charge is 2.32. The molecule has 3 rings (SSSR count). The number of ether oxygens (including phenoxy) is 1. The lowest BCUT2D eigenvalue weighted by molar-refractivity contribution is -0.138. The van der Waals surface area contributed by atoms with Crippen molar-refractivity contribution in [2.75, 3.05) is 0 Å². The first-order chi connectivity index (χ1) is 13.9. The summed E-state index contributed by atoms with van der Waals surface area (Å²) in [5.74, 6) is -3.70. The molecule has 1 atom stereocenters. The number of carbonyl (C=O) groups excluding carboxylic acids is 1. The predicted molar refractivity (Wildman–Crippen MR) is 104 cm³/mol. The molecular weight excluding hydrogens is 404 g/mol. The molecule has 2 aromatic rings. The first-order valence-corrected chi connectivity index (χ1v) is 9.26. The second-order valence-corrected chi connectivity index (χ2v) is 7.12. The van der Waals surface area contributed by atoms with Gasteiger partial charge in [-0.1, -0.05) is 36.0 Å². The van der Waals surface area contributed by atoms with Crippen LogP contribution in [-0.2, 0) is 16.2 Å². The van der Waals surface area contributed by atoms with Gasteiger partial charge in [-0.3, -0.25) is 9.59 Å². The molecule has 1 aliphatic heterocycles. The Labute approximate surface area is 168 Å². The summed E-state index contributed by atoms with van der Waals surface area (Å²) in [5.41, 5.74) is 1.38. The van der Waals surface area contributed by atoms with E-state index in [0.717, 1.165) is 17.8 Å². The highest BCUT2D eigenvalue weighted by atomic mass is 32.2. The van der Waals surface area contributed by atoms with Crippen molar-refractivity contribution in [2.45, 2.75) is 18.3 Å². The molecule has 1 unspecified atom stereocenters. The highest BCUT2D eigenvalue weighted by Crippen LogP contribution is 2.22. The molecule has 0 spiro atoms. The van der Waals surface area contributed by atoms with E-state index in [0.29, 0.717) is 11.1 Å². The van der Waals surface area contributed by atoms with Gasteiger partial charge in [0.05, 0.1) is 12.6 Å². The van der Waals surface area contributed by atoms with Gasteiger partial charge in [0.15, 0.2) is 16.7 Å². The Morgan fingerprint density at radius 3 is 2.86 bits per heavy atom. The average Bonchev–Trinajstić information content (AvgIpc) is 3.02. The summed E-state index contributed by atoms with van der Waals surface area (Å²) in [6.07, 6.45) is 1.14. The van der Waals surface area contributed by atoms with Crippen LogP contribution in [0, 0.1) is 11.6 Å². The van der Waals surface area contributed by atoms with Gasteiger partial charge in [0.2, 0.25) is 11.7 Å². The van der Waals surface area contributed by atoms with Crippen molar-refractivity contribution in [1.29, 1.82) is 0 Å². The number of aliphatic carboxylic acids is 1. The lowest BCUT2D eigenvalue weighted by Crippen LogP contribution is -2.26. The SMILES string of the molecule is O=C(O)CC1SC(=NN=Cc2cccc(COc3cccc(F)c3F)c2)NC1=O. The van der Waals surface area contributed by atoms with Crippen molar-refractivity contribution < 1.29 is 28.2 Å². The number of nitrogens with zero attached hydrogens (tertiary/aromatic N) is 2. The molecule has 29 heavy (non-hydrogen) atoms. The van der Waals surface area contributed by atoms with Crippen molar-refractivity contribution in [3.63, 3.8) is 0 Å². The van der Waals surface area contributed by atoms with Crippen molar-refractivity contribution in [1.82, 2.24) is 5.32 Å². The molecule has 0 saturated carbocycles. The zero-order chi connectivity index (χ0) is 20.8. The molecule has 2 N–H and O–H groups in total. The van der Waals surface area contributed by atoms with E-state index in [1.807, 2.05) is 0 Å². The molecule has 10 heteroatoms. The molecular formula is C19H15F2N3O4S. The summed E-state index contributed by atoms with van der Waals surface area (Å²) in [6, 6.07) is 10.7. The van der Waals surface area contributed by atoms with Crippen LogP contribution in [0.5, 0.6) is 5.75 Å². The lowest BCUT2D eigenvalue weighted by atomic mass is 10.1. The average molecular weight is 419 g/mol. The van der Waals surface area contributed by atoms with Crippen molar-refractivity contribution in [3.8, 4) is 5.75 Å². The predicted octanol–water partition coefficient (Wildman–Crippen LogP) is 2.94. The van der Waals surface area contributed by atoms with Gasteiger partial charge in [0.25, 0.3) is 0 Å². The van der Waals surface area contributed by atoms with Crippen LogP contribution >= 0.6 is 11.8 Å². The molecule has 1 fully saturated rings. The fourth-order valence-corrected chi connectivity index (χ4v) is 3.33. The third kappa shape index (κ3) is 5.61. The summed E-state index contributed by atoms with van der Waals surface area (Å²) in [6.45, 7) is 0.0271. The molecule has 0 radical (unpaired) electrons. The molecule has 0 bridgehead atoms. The Hall–Kier alpha value is -3.27. The van der Waals surface area contributed by atoms with Crippen LogP contribution in [-0.4, -0.2) is 33.6 Å². The molecule has 0 aliphatic carbocycles. The van der Waals surface area contributed by atoms with Crippen molar-refractivity contribution in [3.05, 3.63) is 65.2 Å². The van der Waals surface area contributed by atoms with Crippen LogP contribution < -0.4 is 10.1 Å². The summed E-state index contributed by atoms with van der Waals surface area (Å²) < 4.78 is 32.1. The van der Waals surface area contributed by atoms with Gasteiger partial charge in [-0.05, 0) is 29.3 Å². The molecule has 150 valence electrons. The van der Waals surface area contributed by atoms with Crippen LogP contribution in [0.1, 0.15) is 17.5 Å². The van der Waals surface area contributed by atoms with E-state index < -0.39 is 28.8 Å².